The topological polar surface area (TPSA) is 105 Å². The molecule has 0 radical (unpaired) electrons. The molecule has 20 heavy (non-hydrogen) atoms. The number of ether oxygens (including phenoxy) is 1. The first-order chi connectivity index (χ1) is 9.41. The first-order valence-electron chi connectivity index (χ1n) is 5.62. The molecule has 0 spiro atoms. The Labute approximate surface area is 126 Å². The van der Waals surface area contributed by atoms with E-state index in [1.54, 1.807) is 0 Å². The monoisotopic (exact) mass is 341 g/mol. The van der Waals surface area contributed by atoms with Crippen molar-refractivity contribution in [2.24, 2.45) is 10.9 Å². The van der Waals surface area contributed by atoms with E-state index in [1.165, 1.54) is 23.5 Å². The van der Waals surface area contributed by atoms with Crippen molar-refractivity contribution >= 4 is 38.8 Å². The average Bonchev–Trinajstić information content (AvgIpc) is 2.85. The highest BCUT2D eigenvalue weighted by Gasteiger charge is 2.25. The normalized spacial score (nSPS) is 13.1. The molecule has 0 atom stereocenters. The van der Waals surface area contributed by atoms with Crippen molar-refractivity contribution in [3.05, 3.63) is 16.5 Å². The van der Waals surface area contributed by atoms with Gasteiger partial charge in [0, 0.05) is 26.6 Å². The van der Waals surface area contributed by atoms with Gasteiger partial charge in [0.1, 0.15) is 10.0 Å². The second kappa shape index (κ2) is 7.79. The fourth-order valence-electron chi connectivity index (χ4n) is 1.40. The third-order valence-corrected chi connectivity index (χ3v) is 6.03. The number of nitrogens with two attached hydrogens (primary N) is 1. The number of hydrogen-bond donors (Lipinski definition) is 2. The predicted octanol–water partition coefficient (Wildman–Crippen LogP) is 1.18. The molecule has 0 saturated carbocycles. The summed E-state index contributed by atoms with van der Waals surface area (Å²) in [6, 6.07) is 2.97. The lowest BCUT2D eigenvalue weighted by Gasteiger charge is -2.20. The summed E-state index contributed by atoms with van der Waals surface area (Å²) >= 11 is 6.74. The third-order valence-electron chi connectivity index (χ3n) is 2.43. The highest BCUT2D eigenvalue weighted by Crippen LogP contribution is 2.28. The van der Waals surface area contributed by atoms with Gasteiger partial charge in [0.15, 0.2) is 0 Å². The van der Waals surface area contributed by atoms with E-state index < -0.39 is 10.0 Å². The lowest BCUT2D eigenvalue weighted by Crippen LogP contribution is -2.36. The van der Waals surface area contributed by atoms with Crippen LogP contribution in [0.15, 0.2) is 21.5 Å². The molecule has 0 fully saturated rings. The number of oxime groups is 1. The minimum absolute atomic E-state index is 0.0353. The fraction of sp³-hybridized carbons (Fsp3) is 0.500. The summed E-state index contributed by atoms with van der Waals surface area (Å²) in [5, 5.41) is 11.3. The molecule has 1 heterocycles. The van der Waals surface area contributed by atoms with Gasteiger partial charge in [0.25, 0.3) is 10.0 Å². The van der Waals surface area contributed by atoms with Crippen LogP contribution in [0.1, 0.15) is 6.42 Å². The van der Waals surface area contributed by atoms with Gasteiger partial charge in [-0.2, -0.15) is 4.31 Å². The quantitative estimate of drug-likeness (QED) is 0.319. The molecule has 114 valence electrons. The summed E-state index contributed by atoms with van der Waals surface area (Å²) in [5.74, 6) is -0.0353. The van der Waals surface area contributed by atoms with E-state index in [1.807, 2.05) is 0 Å². The van der Waals surface area contributed by atoms with Crippen molar-refractivity contribution in [3.8, 4) is 0 Å². The zero-order valence-corrected chi connectivity index (χ0v) is 13.2. The van der Waals surface area contributed by atoms with E-state index >= 15 is 0 Å². The Morgan fingerprint density at radius 1 is 1.55 bits per heavy atom. The zero-order chi connectivity index (χ0) is 15.2. The number of amidine groups is 1. The minimum Gasteiger partial charge on any atom is -0.409 e. The molecule has 0 aliphatic carbocycles. The summed E-state index contributed by atoms with van der Waals surface area (Å²) in [7, 11) is -2.18. The van der Waals surface area contributed by atoms with Crippen molar-refractivity contribution in [1.29, 1.82) is 0 Å². The van der Waals surface area contributed by atoms with Gasteiger partial charge in [-0.15, -0.1) is 11.3 Å². The van der Waals surface area contributed by atoms with Gasteiger partial charge in [-0.25, -0.2) is 8.42 Å². The van der Waals surface area contributed by atoms with Crippen LogP contribution in [0, 0.1) is 0 Å². The number of halogens is 1. The molecule has 1 rings (SSSR count). The lowest BCUT2D eigenvalue weighted by molar-refractivity contribution is 0.179. The van der Waals surface area contributed by atoms with Crippen LogP contribution >= 0.6 is 22.9 Å². The predicted molar refractivity (Wildman–Crippen MR) is 78.0 cm³/mol. The van der Waals surface area contributed by atoms with Gasteiger partial charge in [-0.3, -0.25) is 0 Å². The molecule has 1 aromatic heterocycles. The van der Waals surface area contributed by atoms with Gasteiger partial charge in [-0.05, 0) is 12.1 Å². The second-order valence-electron chi connectivity index (χ2n) is 3.80. The molecule has 1 aromatic rings. The Hall–Kier alpha value is -0.870. The molecule has 0 aromatic carbocycles. The second-order valence-corrected chi connectivity index (χ2v) is 7.68. The molecule has 7 nitrogen and oxygen atoms in total. The first-order valence-corrected chi connectivity index (χ1v) is 8.26. The van der Waals surface area contributed by atoms with Gasteiger partial charge >= 0.3 is 0 Å². The molecule has 0 aliphatic heterocycles. The van der Waals surface area contributed by atoms with Crippen molar-refractivity contribution in [1.82, 2.24) is 4.31 Å². The molecule has 0 bridgehead atoms. The molecule has 0 saturated heterocycles. The molecule has 10 heteroatoms. The van der Waals surface area contributed by atoms with E-state index in [9.17, 15) is 8.42 Å². The van der Waals surface area contributed by atoms with Crippen LogP contribution in [-0.4, -0.2) is 50.6 Å². The minimum atomic E-state index is -3.66. The zero-order valence-electron chi connectivity index (χ0n) is 10.8. The molecule has 0 aliphatic rings. The highest BCUT2D eigenvalue weighted by atomic mass is 35.5. The Kier molecular flexibility index (Phi) is 6.69. The standard InChI is InChI=1S/C10H16ClN3O4S2/c1-18-7-6-14(5-4-9(12)13-15)20(16,17)10-3-2-8(11)19-10/h2-3,15H,4-7H2,1H3,(H2,12,13). The van der Waals surface area contributed by atoms with Crippen LogP contribution in [-0.2, 0) is 14.8 Å². The summed E-state index contributed by atoms with van der Waals surface area (Å²) in [4.78, 5) is 0. The van der Waals surface area contributed by atoms with E-state index in [0.29, 0.717) is 4.34 Å². The van der Waals surface area contributed by atoms with Crippen LogP contribution in [0.25, 0.3) is 0 Å². The van der Waals surface area contributed by atoms with Gasteiger partial charge in [0.05, 0.1) is 10.9 Å². The SMILES string of the molecule is COCCN(CCC(N)=NO)S(=O)(=O)c1ccc(Cl)s1. The van der Waals surface area contributed by atoms with Crippen molar-refractivity contribution in [2.75, 3.05) is 26.8 Å². The van der Waals surface area contributed by atoms with Gasteiger partial charge in [0.2, 0.25) is 0 Å². The molecule has 0 amide bonds. The van der Waals surface area contributed by atoms with Gasteiger partial charge in [-0.1, -0.05) is 16.8 Å². The smallest absolute Gasteiger partial charge is 0.252 e. The highest BCUT2D eigenvalue weighted by molar-refractivity contribution is 7.91. The largest absolute Gasteiger partial charge is 0.409 e. The maximum atomic E-state index is 12.4. The number of rotatable bonds is 8. The maximum Gasteiger partial charge on any atom is 0.252 e. The Morgan fingerprint density at radius 3 is 2.75 bits per heavy atom. The molecule has 0 unspecified atom stereocenters. The molecular formula is C10H16ClN3O4S2. The number of nitrogens with zero attached hydrogens (tertiary/aromatic N) is 2. The van der Waals surface area contributed by atoms with Crippen LogP contribution in [0.2, 0.25) is 4.34 Å². The van der Waals surface area contributed by atoms with Crippen LogP contribution in [0.3, 0.4) is 0 Å². The molecule has 3 N–H and O–H groups in total. The van der Waals surface area contributed by atoms with Crippen molar-refractivity contribution in [3.63, 3.8) is 0 Å². The number of methoxy groups -OCH3 is 1. The van der Waals surface area contributed by atoms with E-state index in [0.717, 1.165) is 11.3 Å². The maximum absolute atomic E-state index is 12.4. The Bertz CT molecular complexity index is 559. The molecular weight excluding hydrogens is 326 g/mol. The Morgan fingerprint density at radius 2 is 2.25 bits per heavy atom. The average molecular weight is 342 g/mol. The summed E-state index contributed by atoms with van der Waals surface area (Å²) < 4.78 is 31.5. The van der Waals surface area contributed by atoms with Crippen molar-refractivity contribution < 1.29 is 18.4 Å². The van der Waals surface area contributed by atoms with Crippen LogP contribution < -0.4 is 5.73 Å². The van der Waals surface area contributed by atoms with E-state index in [-0.39, 0.29) is 36.2 Å². The summed E-state index contributed by atoms with van der Waals surface area (Å²) in [6.07, 6.45) is 0.124. The summed E-state index contributed by atoms with van der Waals surface area (Å²) in [5.41, 5.74) is 5.36. The van der Waals surface area contributed by atoms with E-state index in [2.05, 4.69) is 5.16 Å². The fourth-order valence-corrected chi connectivity index (χ4v) is 4.46. The van der Waals surface area contributed by atoms with Crippen molar-refractivity contribution in [2.45, 2.75) is 10.6 Å². The van der Waals surface area contributed by atoms with Gasteiger partial charge < -0.3 is 15.7 Å². The van der Waals surface area contributed by atoms with E-state index in [4.69, 9.17) is 27.3 Å². The number of sulfonamides is 1. The first kappa shape index (κ1) is 17.2. The number of hydrogen-bond acceptors (Lipinski definition) is 6. The van der Waals surface area contributed by atoms with Crippen LogP contribution in [0.4, 0.5) is 0 Å². The lowest BCUT2D eigenvalue weighted by atomic mass is 10.4. The summed E-state index contributed by atoms with van der Waals surface area (Å²) in [6.45, 7) is 0.513. The number of thiophene rings is 1. The van der Waals surface area contributed by atoms with Crippen LogP contribution in [0.5, 0.6) is 0 Å². The Balaban J connectivity index is 2.91. The third kappa shape index (κ3) is 4.60.